The van der Waals surface area contributed by atoms with E-state index in [1.807, 2.05) is 13.8 Å². The molecule has 0 aliphatic carbocycles. The first-order chi connectivity index (χ1) is 10.3. The van der Waals surface area contributed by atoms with Gasteiger partial charge < -0.3 is 16.0 Å². The van der Waals surface area contributed by atoms with Crippen molar-refractivity contribution in [3.63, 3.8) is 0 Å². The van der Waals surface area contributed by atoms with Crippen molar-refractivity contribution in [2.75, 3.05) is 26.2 Å². The number of hydrogen-bond donors (Lipinski definition) is 3. The van der Waals surface area contributed by atoms with Crippen molar-refractivity contribution in [1.82, 2.24) is 16.0 Å². The van der Waals surface area contributed by atoms with Gasteiger partial charge in [0.2, 0.25) is 5.91 Å². The van der Waals surface area contributed by atoms with Gasteiger partial charge in [0, 0.05) is 43.9 Å². The van der Waals surface area contributed by atoms with Gasteiger partial charge >= 0.3 is 0 Å². The fraction of sp³-hybridized carbons (Fsp3) is 0.600. The van der Waals surface area contributed by atoms with Crippen LogP contribution in [-0.2, 0) is 11.2 Å². The summed E-state index contributed by atoms with van der Waals surface area (Å²) in [6, 6.07) is 4.18. The van der Waals surface area contributed by atoms with Gasteiger partial charge in [0.1, 0.15) is 0 Å². The molecule has 1 heterocycles. The van der Waals surface area contributed by atoms with E-state index in [-0.39, 0.29) is 29.9 Å². The minimum Gasteiger partial charge on any atom is -0.357 e. The molecule has 0 aliphatic heterocycles. The second-order valence-electron chi connectivity index (χ2n) is 4.62. The second-order valence-corrected chi connectivity index (χ2v) is 5.65. The molecule has 1 aromatic rings. The van der Waals surface area contributed by atoms with Crippen LogP contribution in [0.3, 0.4) is 0 Å². The van der Waals surface area contributed by atoms with Crippen LogP contribution in [0.5, 0.6) is 0 Å². The van der Waals surface area contributed by atoms with Gasteiger partial charge in [-0.05, 0) is 24.8 Å². The Kier molecular flexibility index (Phi) is 13.3. The standard InChI is InChI=1S/C15H26N4OS.HI/c1-3-9-17-14(20)8-11-19-15(16-4-2)18-10-7-13-6-5-12-21-13;/h5-6,12H,3-4,7-11H2,1-2H3,(H,17,20)(H2,16,18,19);1H. The fourth-order valence-electron chi connectivity index (χ4n) is 1.72. The Morgan fingerprint density at radius 1 is 1.23 bits per heavy atom. The molecule has 1 aromatic heterocycles. The number of carbonyl (C=O) groups is 1. The number of halogens is 1. The van der Waals surface area contributed by atoms with Crippen molar-refractivity contribution >= 4 is 47.2 Å². The molecule has 0 fully saturated rings. The van der Waals surface area contributed by atoms with E-state index in [1.54, 1.807) is 11.3 Å². The fourth-order valence-corrected chi connectivity index (χ4v) is 2.42. The number of guanidine groups is 1. The van der Waals surface area contributed by atoms with Gasteiger partial charge in [-0.1, -0.05) is 13.0 Å². The topological polar surface area (TPSA) is 65.5 Å². The average molecular weight is 438 g/mol. The van der Waals surface area contributed by atoms with Crippen molar-refractivity contribution in [3.8, 4) is 0 Å². The summed E-state index contributed by atoms with van der Waals surface area (Å²) in [4.78, 5) is 17.4. The Hall–Kier alpha value is -0.830. The lowest BCUT2D eigenvalue weighted by molar-refractivity contribution is -0.120. The van der Waals surface area contributed by atoms with Crippen molar-refractivity contribution in [3.05, 3.63) is 22.4 Å². The van der Waals surface area contributed by atoms with Crippen molar-refractivity contribution in [2.24, 2.45) is 4.99 Å². The summed E-state index contributed by atoms with van der Waals surface area (Å²) < 4.78 is 0. The number of thiophene rings is 1. The molecule has 0 spiro atoms. The zero-order valence-electron chi connectivity index (χ0n) is 13.4. The first-order valence-corrected chi connectivity index (χ1v) is 8.45. The van der Waals surface area contributed by atoms with Crippen molar-refractivity contribution < 1.29 is 4.79 Å². The summed E-state index contributed by atoms with van der Waals surface area (Å²) in [6.45, 7) is 6.98. The van der Waals surface area contributed by atoms with Crippen LogP contribution in [-0.4, -0.2) is 38.0 Å². The average Bonchev–Trinajstić information content (AvgIpc) is 2.98. The number of rotatable bonds is 9. The van der Waals surface area contributed by atoms with Crippen LogP contribution >= 0.6 is 35.3 Å². The van der Waals surface area contributed by atoms with E-state index >= 15 is 0 Å². The van der Waals surface area contributed by atoms with Gasteiger partial charge in [-0.3, -0.25) is 9.79 Å². The van der Waals surface area contributed by atoms with Gasteiger partial charge in [-0.25, -0.2) is 0 Å². The van der Waals surface area contributed by atoms with Gasteiger partial charge in [-0.2, -0.15) is 0 Å². The third-order valence-electron chi connectivity index (χ3n) is 2.77. The van der Waals surface area contributed by atoms with Gasteiger partial charge in [-0.15, -0.1) is 35.3 Å². The first kappa shape index (κ1) is 21.2. The van der Waals surface area contributed by atoms with E-state index in [2.05, 4.69) is 38.5 Å². The number of nitrogens with one attached hydrogen (secondary N) is 3. The van der Waals surface area contributed by atoms with E-state index in [0.29, 0.717) is 13.0 Å². The predicted molar refractivity (Wildman–Crippen MR) is 105 cm³/mol. The Balaban J connectivity index is 0.00000441. The largest absolute Gasteiger partial charge is 0.357 e. The zero-order chi connectivity index (χ0) is 15.3. The van der Waals surface area contributed by atoms with Crippen molar-refractivity contribution in [1.29, 1.82) is 0 Å². The molecule has 0 atom stereocenters. The van der Waals surface area contributed by atoms with E-state index in [9.17, 15) is 4.79 Å². The highest BCUT2D eigenvalue weighted by atomic mass is 127. The highest BCUT2D eigenvalue weighted by Crippen LogP contribution is 2.08. The van der Waals surface area contributed by atoms with Crippen LogP contribution in [0.2, 0.25) is 0 Å². The second kappa shape index (κ2) is 13.8. The quantitative estimate of drug-likeness (QED) is 0.315. The zero-order valence-corrected chi connectivity index (χ0v) is 16.5. The highest BCUT2D eigenvalue weighted by Gasteiger charge is 2.01. The molecule has 0 bridgehead atoms. The van der Waals surface area contributed by atoms with Crippen LogP contribution in [0.4, 0.5) is 0 Å². The Morgan fingerprint density at radius 2 is 2.05 bits per heavy atom. The maximum absolute atomic E-state index is 11.5. The van der Waals surface area contributed by atoms with Crippen LogP contribution in [0.1, 0.15) is 31.6 Å². The lowest BCUT2D eigenvalue weighted by Crippen LogP contribution is -2.39. The lowest BCUT2D eigenvalue weighted by atomic mass is 10.3. The van der Waals surface area contributed by atoms with Gasteiger partial charge in [0.15, 0.2) is 5.96 Å². The number of aliphatic imine (C=N–C) groups is 1. The summed E-state index contributed by atoms with van der Waals surface area (Å²) >= 11 is 1.75. The van der Waals surface area contributed by atoms with Crippen molar-refractivity contribution in [2.45, 2.75) is 33.1 Å². The lowest BCUT2D eigenvalue weighted by Gasteiger charge is -2.11. The molecule has 0 saturated heterocycles. The summed E-state index contributed by atoms with van der Waals surface area (Å²) in [5.74, 6) is 0.858. The number of nitrogens with zero attached hydrogens (tertiary/aromatic N) is 1. The molecule has 22 heavy (non-hydrogen) atoms. The summed E-state index contributed by atoms with van der Waals surface area (Å²) in [5.41, 5.74) is 0. The highest BCUT2D eigenvalue weighted by molar-refractivity contribution is 14.0. The summed E-state index contributed by atoms with van der Waals surface area (Å²) in [7, 11) is 0. The van der Waals surface area contributed by atoms with Crippen LogP contribution in [0.15, 0.2) is 22.5 Å². The SMILES string of the molecule is CCCNC(=O)CCNC(=NCCc1cccs1)NCC.I. The molecule has 0 radical (unpaired) electrons. The normalized spacial score (nSPS) is 10.7. The molecule has 126 valence electrons. The maximum Gasteiger partial charge on any atom is 0.221 e. The van der Waals surface area contributed by atoms with Crippen LogP contribution in [0, 0.1) is 0 Å². The van der Waals surface area contributed by atoms with Gasteiger partial charge in [0.05, 0.1) is 0 Å². The molecule has 1 amide bonds. The molecular weight excluding hydrogens is 411 g/mol. The third kappa shape index (κ3) is 9.99. The maximum atomic E-state index is 11.5. The number of carbonyl (C=O) groups excluding carboxylic acids is 1. The number of hydrogen-bond acceptors (Lipinski definition) is 3. The minimum absolute atomic E-state index is 0. The number of amides is 1. The molecule has 7 heteroatoms. The minimum atomic E-state index is 0. The van der Waals surface area contributed by atoms with Gasteiger partial charge in [0.25, 0.3) is 0 Å². The smallest absolute Gasteiger partial charge is 0.221 e. The first-order valence-electron chi connectivity index (χ1n) is 7.57. The Morgan fingerprint density at radius 3 is 2.68 bits per heavy atom. The Labute approximate surface area is 154 Å². The monoisotopic (exact) mass is 438 g/mol. The Bertz CT molecular complexity index is 423. The summed E-state index contributed by atoms with van der Waals surface area (Å²) in [5, 5.41) is 11.3. The molecular formula is C15H27IN4OS. The predicted octanol–water partition coefficient (Wildman–Crippen LogP) is 2.38. The van der Waals surface area contributed by atoms with Crippen LogP contribution < -0.4 is 16.0 Å². The molecule has 5 nitrogen and oxygen atoms in total. The molecule has 0 unspecified atom stereocenters. The van der Waals surface area contributed by atoms with E-state index < -0.39 is 0 Å². The molecule has 0 saturated carbocycles. The molecule has 0 aromatic carbocycles. The third-order valence-corrected chi connectivity index (χ3v) is 3.71. The molecule has 1 rings (SSSR count). The van der Waals surface area contributed by atoms with E-state index in [1.165, 1.54) is 4.88 Å². The van der Waals surface area contributed by atoms with E-state index in [0.717, 1.165) is 38.4 Å². The van der Waals surface area contributed by atoms with Crippen LogP contribution in [0.25, 0.3) is 0 Å². The van der Waals surface area contributed by atoms with E-state index in [4.69, 9.17) is 0 Å². The molecule has 0 aliphatic rings. The summed E-state index contributed by atoms with van der Waals surface area (Å²) in [6.07, 6.45) is 2.38. The molecule has 3 N–H and O–H groups in total.